The third-order valence-corrected chi connectivity index (χ3v) is 7.04. The molecular formula is C29H33FN2O2. The van der Waals surface area contributed by atoms with E-state index in [1.807, 2.05) is 47.4 Å². The Morgan fingerprint density at radius 2 is 1.62 bits per heavy atom. The number of amides is 1. The third kappa shape index (κ3) is 5.71. The average Bonchev–Trinajstić information content (AvgIpc) is 3.33. The fourth-order valence-electron chi connectivity index (χ4n) is 5.30. The highest BCUT2D eigenvalue weighted by atomic mass is 19.1. The quantitative estimate of drug-likeness (QED) is 0.481. The van der Waals surface area contributed by atoms with Gasteiger partial charge in [-0.1, -0.05) is 48.5 Å². The van der Waals surface area contributed by atoms with Crippen molar-refractivity contribution in [1.29, 1.82) is 0 Å². The van der Waals surface area contributed by atoms with Crippen molar-refractivity contribution in [2.45, 2.75) is 32.1 Å². The Kier molecular flexibility index (Phi) is 8.07. The summed E-state index contributed by atoms with van der Waals surface area (Å²) in [6.45, 7) is 6.36. The van der Waals surface area contributed by atoms with Crippen molar-refractivity contribution in [3.8, 4) is 0 Å². The first kappa shape index (κ1) is 24.1. The first-order valence-corrected chi connectivity index (χ1v) is 12.2. The first-order chi connectivity index (χ1) is 16.6. The van der Waals surface area contributed by atoms with Gasteiger partial charge in [-0.15, -0.1) is 0 Å². The number of halogens is 1. The van der Waals surface area contributed by atoms with Gasteiger partial charge in [-0.2, -0.15) is 0 Å². The van der Waals surface area contributed by atoms with Crippen molar-refractivity contribution in [2.75, 3.05) is 32.7 Å². The van der Waals surface area contributed by atoms with Crippen molar-refractivity contribution in [3.63, 3.8) is 0 Å². The highest BCUT2D eigenvalue weighted by molar-refractivity contribution is 6.07. The number of nitrogens with zero attached hydrogens (tertiary/aromatic N) is 2. The number of carbonyl (C=O) groups is 2. The monoisotopic (exact) mass is 460 g/mol. The Bertz CT molecular complexity index is 1100. The van der Waals surface area contributed by atoms with Gasteiger partial charge in [0.1, 0.15) is 12.1 Å². The third-order valence-electron chi connectivity index (χ3n) is 7.04. The van der Waals surface area contributed by atoms with E-state index in [0.717, 1.165) is 74.6 Å². The average molecular weight is 461 g/mol. The topological polar surface area (TPSA) is 40.6 Å². The van der Waals surface area contributed by atoms with Gasteiger partial charge in [0, 0.05) is 25.2 Å². The Hall–Kier alpha value is -3.05. The molecule has 0 bridgehead atoms. The molecule has 0 aromatic heterocycles. The summed E-state index contributed by atoms with van der Waals surface area (Å²) in [7, 11) is 0. The summed E-state index contributed by atoms with van der Waals surface area (Å²) in [5.74, 6) is 1.07. The maximum Gasteiger partial charge on any atom is 0.254 e. The van der Waals surface area contributed by atoms with Crippen LogP contribution in [-0.4, -0.2) is 54.7 Å². The minimum absolute atomic E-state index is 0.161. The van der Waals surface area contributed by atoms with E-state index in [0.29, 0.717) is 11.8 Å². The zero-order valence-electron chi connectivity index (χ0n) is 19.8. The molecule has 0 unspecified atom stereocenters. The van der Waals surface area contributed by atoms with Crippen molar-refractivity contribution in [2.24, 2.45) is 5.92 Å². The van der Waals surface area contributed by atoms with E-state index in [9.17, 15) is 9.18 Å². The van der Waals surface area contributed by atoms with Gasteiger partial charge in [0.25, 0.3) is 5.91 Å². The van der Waals surface area contributed by atoms with Crippen LogP contribution in [0.1, 0.15) is 48.0 Å². The first-order valence-electron chi connectivity index (χ1n) is 12.2. The summed E-state index contributed by atoms with van der Waals surface area (Å²) in [5.41, 5.74) is 2.08. The number of hydrogen-bond acceptors (Lipinski definition) is 3. The smallest absolute Gasteiger partial charge is 0.254 e. The summed E-state index contributed by atoms with van der Waals surface area (Å²) in [4.78, 5) is 26.6. The molecule has 0 N–H and O–H groups in total. The predicted octanol–water partition coefficient (Wildman–Crippen LogP) is 5.53. The van der Waals surface area contributed by atoms with Gasteiger partial charge in [0.05, 0.1) is 0 Å². The Labute approximate surface area is 201 Å². The molecule has 0 spiro atoms. The number of fused-ring (bicyclic) bond motifs is 1. The molecule has 0 aliphatic carbocycles. The number of aldehydes is 1. The van der Waals surface area contributed by atoms with Crippen LogP contribution in [0.15, 0.2) is 66.7 Å². The number of rotatable bonds is 4. The van der Waals surface area contributed by atoms with E-state index in [-0.39, 0.29) is 11.7 Å². The molecule has 2 saturated heterocycles. The summed E-state index contributed by atoms with van der Waals surface area (Å²) >= 11 is 0. The van der Waals surface area contributed by atoms with Crippen molar-refractivity contribution in [1.82, 2.24) is 9.80 Å². The fourth-order valence-corrected chi connectivity index (χ4v) is 5.30. The fraction of sp³-hybridized carbons (Fsp3) is 0.379. The van der Waals surface area contributed by atoms with E-state index in [1.165, 1.54) is 12.5 Å². The molecule has 5 rings (SSSR count). The summed E-state index contributed by atoms with van der Waals surface area (Å²) in [6.07, 6.45) is 4.07. The SMILES string of the molecule is CC=O.O=C(c1cccc2ccccc12)N1CC[C@H](CN2CCC(c3ccc(F)cc3)CC2)C1. The summed E-state index contributed by atoms with van der Waals surface area (Å²) in [6, 6.07) is 21.1. The second-order valence-electron chi connectivity index (χ2n) is 9.29. The largest absolute Gasteiger partial charge is 0.338 e. The molecular weight excluding hydrogens is 427 g/mol. The molecule has 2 fully saturated rings. The second kappa shape index (κ2) is 11.4. The van der Waals surface area contributed by atoms with Crippen LogP contribution >= 0.6 is 0 Å². The van der Waals surface area contributed by atoms with Crippen LogP contribution < -0.4 is 0 Å². The Balaban J connectivity index is 0.000000868. The zero-order valence-corrected chi connectivity index (χ0v) is 19.8. The van der Waals surface area contributed by atoms with E-state index >= 15 is 0 Å². The number of likely N-dealkylation sites (tertiary alicyclic amines) is 2. The van der Waals surface area contributed by atoms with Gasteiger partial charge in [0.15, 0.2) is 0 Å². The molecule has 2 heterocycles. The standard InChI is InChI=1S/C27H29FN2O.C2H4O/c28-24-10-8-21(9-11-24)22-13-15-29(16-14-22)18-20-12-17-30(19-20)27(31)26-7-3-5-23-4-1-2-6-25(23)26;1-2-3/h1-11,20,22H,12-19H2;2H,1H3/t20-;/m1./s1. The van der Waals surface area contributed by atoms with Gasteiger partial charge < -0.3 is 14.6 Å². The number of benzene rings is 3. The second-order valence-corrected chi connectivity index (χ2v) is 9.29. The molecule has 178 valence electrons. The van der Waals surface area contributed by atoms with Crippen molar-refractivity contribution in [3.05, 3.63) is 83.7 Å². The van der Waals surface area contributed by atoms with Crippen molar-refractivity contribution < 1.29 is 14.0 Å². The lowest BCUT2D eigenvalue weighted by Crippen LogP contribution is -2.37. The van der Waals surface area contributed by atoms with Crippen LogP contribution in [0.4, 0.5) is 4.39 Å². The van der Waals surface area contributed by atoms with Gasteiger partial charge in [-0.3, -0.25) is 4.79 Å². The van der Waals surface area contributed by atoms with Crippen LogP contribution in [0.5, 0.6) is 0 Å². The summed E-state index contributed by atoms with van der Waals surface area (Å²) < 4.78 is 13.2. The van der Waals surface area contributed by atoms with Crippen LogP contribution in [-0.2, 0) is 4.79 Å². The van der Waals surface area contributed by atoms with Gasteiger partial charge in [0.2, 0.25) is 0 Å². The van der Waals surface area contributed by atoms with E-state index in [1.54, 1.807) is 12.1 Å². The zero-order chi connectivity index (χ0) is 23.9. The molecule has 2 aliphatic rings. The minimum atomic E-state index is -0.162. The maximum atomic E-state index is 13.2. The molecule has 5 heteroatoms. The van der Waals surface area contributed by atoms with Crippen LogP contribution in [0, 0.1) is 11.7 Å². The Morgan fingerprint density at radius 1 is 0.941 bits per heavy atom. The molecule has 1 amide bonds. The highest BCUT2D eigenvalue weighted by Gasteiger charge is 2.30. The number of hydrogen-bond donors (Lipinski definition) is 0. The molecule has 0 radical (unpaired) electrons. The molecule has 4 nitrogen and oxygen atoms in total. The molecule has 3 aromatic rings. The number of carbonyl (C=O) groups excluding carboxylic acids is 2. The van der Waals surface area contributed by atoms with Gasteiger partial charge >= 0.3 is 0 Å². The van der Waals surface area contributed by atoms with E-state index in [2.05, 4.69) is 17.0 Å². The van der Waals surface area contributed by atoms with Crippen LogP contribution in [0.3, 0.4) is 0 Å². The molecule has 2 aliphatic heterocycles. The van der Waals surface area contributed by atoms with Crippen molar-refractivity contribution >= 4 is 23.0 Å². The summed E-state index contributed by atoms with van der Waals surface area (Å²) in [5, 5.41) is 2.16. The predicted molar refractivity (Wildman–Crippen MR) is 135 cm³/mol. The lowest BCUT2D eigenvalue weighted by molar-refractivity contribution is -0.106. The molecule has 1 atom stereocenters. The van der Waals surface area contributed by atoms with Gasteiger partial charge in [-0.05, 0) is 85.6 Å². The van der Waals surface area contributed by atoms with Crippen LogP contribution in [0.2, 0.25) is 0 Å². The Morgan fingerprint density at radius 3 is 2.35 bits per heavy atom. The van der Waals surface area contributed by atoms with E-state index < -0.39 is 0 Å². The molecule has 0 saturated carbocycles. The minimum Gasteiger partial charge on any atom is -0.338 e. The van der Waals surface area contributed by atoms with E-state index in [4.69, 9.17) is 4.79 Å². The van der Waals surface area contributed by atoms with Gasteiger partial charge in [-0.25, -0.2) is 4.39 Å². The lowest BCUT2D eigenvalue weighted by Gasteiger charge is -2.33. The van der Waals surface area contributed by atoms with Crippen LogP contribution in [0.25, 0.3) is 10.8 Å². The normalized spacial score (nSPS) is 19.0. The highest BCUT2D eigenvalue weighted by Crippen LogP contribution is 2.30. The molecule has 34 heavy (non-hydrogen) atoms. The maximum absolute atomic E-state index is 13.2. The lowest BCUT2D eigenvalue weighted by atomic mass is 9.89. The number of piperidine rings is 1. The molecule has 3 aromatic carbocycles.